The van der Waals surface area contributed by atoms with Crippen molar-refractivity contribution in [2.75, 3.05) is 4.81 Å². The minimum absolute atomic E-state index is 0.00184. The van der Waals surface area contributed by atoms with Gasteiger partial charge in [-0.05, 0) is 98.0 Å². The molecule has 0 aliphatic carbocycles. The fourth-order valence-electron chi connectivity index (χ4n) is 9.04. The molecular weight excluding hydrogens is 631 g/mol. The zero-order valence-corrected chi connectivity index (χ0v) is 31.8. The van der Waals surface area contributed by atoms with E-state index in [-0.39, 0.29) is 23.1 Å². The Labute approximate surface area is 307 Å². The van der Waals surface area contributed by atoms with Gasteiger partial charge in [-0.1, -0.05) is 123 Å². The maximum absolute atomic E-state index is 6.48. The lowest BCUT2D eigenvalue weighted by Crippen LogP contribution is -2.60. The maximum atomic E-state index is 6.48. The van der Waals surface area contributed by atoms with E-state index in [1.807, 2.05) is 0 Å². The Morgan fingerprint density at radius 3 is 1.88 bits per heavy atom. The van der Waals surface area contributed by atoms with Crippen LogP contribution in [0.2, 0.25) is 0 Å². The van der Waals surface area contributed by atoms with Crippen LogP contribution in [0.3, 0.4) is 0 Å². The third-order valence-corrected chi connectivity index (χ3v) is 11.9. The minimum Gasteiger partial charge on any atom is -0.456 e. The second-order valence-corrected chi connectivity index (χ2v) is 18.3. The second kappa shape index (κ2) is 10.2. The van der Waals surface area contributed by atoms with Gasteiger partial charge in [-0.25, -0.2) is 0 Å². The average Bonchev–Trinajstić information content (AvgIpc) is 3.65. The number of fused-ring (bicyclic) bond motifs is 12. The Bertz CT molecular complexity index is 2790. The molecule has 0 N–H and O–H groups in total. The largest absolute Gasteiger partial charge is 0.456 e. The molecule has 0 atom stereocenters. The van der Waals surface area contributed by atoms with Crippen molar-refractivity contribution in [3.63, 3.8) is 0 Å². The van der Waals surface area contributed by atoms with Crippen molar-refractivity contribution < 1.29 is 4.42 Å². The molecular formula is C48H45BN2O. The van der Waals surface area contributed by atoms with Crippen molar-refractivity contribution in [2.45, 2.75) is 78.6 Å². The van der Waals surface area contributed by atoms with Crippen LogP contribution in [0.15, 0.2) is 114 Å². The lowest BCUT2D eigenvalue weighted by atomic mass is 9.43. The van der Waals surface area contributed by atoms with Gasteiger partial charge in [0.1, 0.15) is 11.2 Å². The molecule has 0 fully saturated rings. The van der Waals surface area contributed by atoms with Crippen molar-refractivity contribution in [3.8, 4) is 16.8 Å². The molecule has 0 amide bonds. The average molecular weight is 677 g/mol. The van der Waals surface area contributed by atoms with Gasteiger partial charge in [-0.3, -0.25) is 0 Å². The smallest absolute Gasteiger partial charge is 0.333 e. The number of hydrogen-bond acceptors (Lipinski definition) is 2. The molecule has 0 bridgehead atoms. The second-order valence-electron chi connectivity index (χ2n) is 18.3. The summed E-state index contributed by atoms with van der Waals surface area (Å²) in [5.74, 6) is 0. The van der Waals surface area contributed by atoms with Gasteiger partial charge < -0.3 is 13.8 Å². The minimum atomic E-state index is -0.0159. The summed E-state index contributed by atoms with van der Waals surface area (Å²) in [6, 6.07) is 41.6. The standard InChI is InChI=1S/C48H45BN2O/c1-46(2,3)28-14-18-31(19-15-28)51-37-22-16-29(47(4,5)6)26-35(37)32-20-21-34-42-39(24-25-41-43(42)33-12-10-11-13-40(33)52-41)50-38-23-17-30(48(7,8)9)27-36(38)49(51)44(32)45(34)50/h10-27H,1-9H3. The Hall–Kier alpha value is -5.22. The van der Waals surface area contributed by atoms with Gasteiger partial charge in [0.25, 0.3) is 0 Å². The molecule has 0 spiro atoms. The van der Waals surface area contributed by atoms with Crippen LogP contribution in [0.4, 0.5) is 11.4 Å². The molecule has 4 heterocycles. The molecule has 0 radical (unpaired) electrons. The predicted octanol–water partition coefficient (Wildman–Crippen LogP) is 11.8. The summed E-state index contributed by atoms with van der Waals surface area (Å²) in [5.41, 5.74) is 17.6. The Balaban J connectivity index is 1.39. The van der Waals surface area contributed by atoms with Crippen LogP contribution in [0.1, 0.15) is 79.0 Å². The Morgan fingerprint density at radius 2 is 1.17 bits per heavy atom. The number of furan rings is 1. The number of hydrogen-bond donors (Lipinski definition) is 0. The van der Waals surface area contributed by atoms with Crippen LogP contribution in [0, 0.1) is 0 Å². The molecule has 10 rings (SSSR count). The lowest BCUT2D eigenvalue weighted by molar-refractivity contribution is 0.590. The Kier molecular flexibility index (Phi) is 6.19. The topological polar surface area (TPSA) is 21.3 Å². The van der Waals surface area contributed by atoms with Crippen molar-refractivity contribution in [3.05, 3.63) is 126 Å². The van der Waals surface area contributed by atoms with Crippen molar-refractivity contribution >= 4 is 72.9 Å². The highest BCUT2D eigenvalue weighted by molar-refractivity contribution is 6.93. The lowest BCUT2D eigenvalue weighted by Gasteiger charge is -2.43. The van der Waals surface area contributed by atoms with Gasteiger partial charge in [-0.15, -0.1) is 0 Å². The summed E-state index contributed by atoms with van der Waals surface area (Å²) in [5, 5.41) is 4.91. The molecule has 8 aromatic rings. The van der Waals surface area contributed by atoms with Gasteiger partial charge in [0.2, 0.25) is 0 Å². The van der Waals surface area contributed by atoms with Crippen molar-refractivity contribution in [1.82, 2.24) is 4.57 Å². The molecule has 2 aliphatic rings. The van der Waals surface area contributed by atoms with Crippen LogP contribution in [0.25, 0.3) is 60.6 Å². The first-order valence-corrected chi connectivity index (χ1v) is 18.8. The molecule has 2 aliphatic heterocycles. The van der Waals surface area contributed by atoms with Gasteiger partial charge in [0.05, 0.1) is 11.0 Å². The predicted molar refractivity (Wildman–Crippen MR) is 223 cm³/mol. The zero-order chi connectivity index (χ0) is 36.1. The molecule has 6 aromatic carbocycles. The van der Waals surface area contributed by atoms with Crippen molar-refractivity contribution in [2.24, 2.45) is 0 Å². The Morgan fingerprint density at radius 1 is 0.519 bits per heavy atom. The number of anilines is 2. The first-order valence-electron chi connectivity index (χ1n) is 18.8. The van der Waals surface area contributed by atoms with Gasteiger partial charge in [0, 0.05) is 44.2 Å². The van der Waals surface area contributed by atoms with Crippen LogP contribution >= 0.6 is 0 Å². The third kappa shape index (κ3) is 4.27. The van der Waals surface area contributed by atoms with E-state index in [0.717, 1.165) is 11.2 Å². The molecule has 2 aromatic heterocycles. The van der Waals surface area contributed by atoms with E-state index in [4.69, 9.17) is 4.42 Å². The van der Waals surface area contributed by atoms with Crippen LogP contribution in [-0.2, 0) is 16.2 Å². The number of rotatable bonds is 1. The summed E-state index contributed by atoms with van der Waals surface area (Å²) in [6.45, 7) is 20.8. The van der Waals surface area contributed by atoms with E-state index in [0.29, 0.717) is 0 Å². The molecule has 3 nitrogen and oxygen atoms in total. The first kappa shape index (κ1) is 31.5. The molecule has 52 heavy (non-hydrogen) atoms. The third-order valence-electron chi connectivity index (χ3n) is 11.9. The number of para-hydroxylation sites is 1. The molecule has 0 saturated heterocycles. The fourth-order valence-corrected chi connectivity index (χ4v) is 9.04. The summed E-state index contributed by atoms with van der Waals surface area (Å²) in [4.78, 5) is 2.64. The monoisotopic (exact) mass is 676 g/mol. The SMILES string of the molecule is CC(C)(C)c1ccc(N2B3c4cc(C(C)(C)C)ccc4-n4c5ccc6oc7ccccc7c6c5c5ccc(c3c54)-c3cc(C(C)(C)C)ccc32)cc1. The van der Waals surface area contributed by atoms with Gasteiger partial charge in [-0.2, -0.15) is 0 Å². The van der Waals surface area contributed by atoms with Crippen molar-refractivity contribution in [1.29, 1.82) is 0 Å². The fraction of sp³-hybridized carbons (Fsp3) is 0.250. The van der Waals surface area contributed by atoms with E-state index in [9.17, 15) is 0 Å². The van der Waals surface area contributed by atoms with Crippen LogP contribution in [-0.4, -0.2) is 11.4 Å². The van der Waals surface area contributed by atoms with Crippen LogP contribution in [0.5, 0.6) is 0 Å². The number of nitrogens with zero attached hydrogens (tertiary/aromatic N) is 2. The van der Waals surface area contributed by atoms with E-state index in [2.05, 4.69) is 181 Å². The highest BCUT2D eigenvalue weighted by Crippen LogP contribution is 2.48. The summed E-state index contributed by atoms with van der Waals surface area (Å²) >= 11 is 0. The van der Waals surface area contributed by atoms with E-state index in [1.54, 1.807) is 0 Å². The summed E-state index contributed by atoms with van der Waals surface area (Å²) < 4.78 is 9.05. The molecule has 0 unspecified atom stereocenters. The maximum Gasteiger partial charge on any atom is 0.333 e. The van der Waals surface area contributed by atoms with E-state index < -0.39 is 0 Å². The molecule has 256 valence electrons. The number of aromatic nitrogens is 1. The summed E-state index contributed by atoms with van der Waals surface area (Å²) in [7, 11) is 0. The van der Waals surface area contributed by atoms with Gasteiger partial charge in [0.15, 0.2) is 0 Å². The summed E-state index contributed by atoms with van der Waals surface area (Å²) in [6.07, 6.45) is 0. The normalized spacial score (nSPS) is 14.2. The highest BCUT2D eigenvalue weighted by Gasteiger charge is 2.44. The van der Waals surface area contributed by atoms with E-state index >= 15 is 0 Å². The molecule has 0 saturated carbocycles. The van der Waals surface area contributed by atoms with E-state index in [1.165, 1.54) is 88.4 Å². The number of benzene rings is 6. The van der Waals surface area contributed by atoms with Crippen LogP contribution < -0.4 is 15.7 Å². The highest BCUT2D eigenvalue weighted by atomic mass is 16.3. The molecule has 4 heteroatoms. The van der Waals surface area contributed by atoms with Gasteiger partial charge >= 0.3 is 6.85 Å². The first-order chi connectivity index (χ1) is 24.7. The quantitative estimate of drug-likeness (QED) is 0.161. The zero-order valence-electron chi connectivity index (χ0n) is 31.8.